The van der Waals surface area contributed by atoms with Crippen molar-refractivity contribution in [2.24, 2.45) is 0 Å². The standard InChI is InChI=1S/C18H19FO2/c1-3-15(13-8-5-4-6-9-13)16(20)12-14-10-7-11-17(21-2)18(14)19/h4-11,15H,3,12H2,1-2H3. The van der Waals surface area contributed by atoms with Gasteiger partial charge in [0.05, 0.1) is 7.11 Å². The van der Waals surface area contributed by atoms with Gasteiger partial charge in [-0.15, -0.1) is 0 Å². The van der Waals surface area contributed by atoms with Crippen LogP contribution in [-0.4, -0.2) is 12.9 Å². The fourth-order valence-corrected chi connectivity index (χ4v) is 2.50. The number of carbonyl (C=O) groups excluding carboxylic acids is 1. The van der Waals surface area contributed by atoms with Gasteiger partial charge in [0.1, 0.15) is 5.78 Å². The first kappa shape index (κ1) is 15.2. The highest BCUT2D eigenvalue weighted by Gasteiger charge is 2.20. The highest BCUT2D eigenvalue weighted by Crippen LogP contribution is 2.25. The van der Waals surface area contributed by atoms with Crippen molar-refractivity contribution in [2.75, 3.05) is 7.11 Å². The Labute approximate surface area is 124 Å². The van der Waals surface area contributed by atoms with Crippen LogP contribution in [0.5, 0.6) is 5.75 Å². The lowest BCUT2D eigenvalue weighted by atomic mass is 9.89. The van der Waals surface area contributed by atoms with Gasteiger partial charge in [-0.1, -0.05) is 49.4 Å². The molecule has 0 aromatic heterocycles. The van der Waals surface area contributed by atoms with Gasteiger partial charge in [0.15, 0.2) is 11.6 Å². The zero-order chi connectivity index (χ0) is 15.2. The minimum absolute atomic E-state index is 0.0239. The summed E-state index contributed by atoms with van der Waals surface area (Å²) in [5, 5.41) is 0. The molecule has 0 radical (unpaired) electrons. The van der Waals surface area contributed by atoms with E-state index >= 15 is 0 Å². The molecule has 2 rings (SSSR count). The van der Waals surface area contributed by atoms with Crippen molar-refractivity contribution in [3.8, 4) is 5.75 Å². The second-order valence-electron chi connectivity index (χ2n) is 4.95. The zero-order valence-corrected chi connectivity index (χ0v) is 12.3. The molecule has 2 nitrogen and oxygen atoms in total. The van der Waals surface area contributed by atoms with Gasteiger partial charge in [-0.25, -0.2) is 4.39 Å². The number of hydrogen-bond donors (Lipinski definition) is 0. The average molecular weight is 286 g/mol. The van der Waals surface area contributed by atoms with Gasteiger partial charge in [-0.2, -0.15) is 0 Å². The van der Waals surface area contributed by atoms with E-state index in [4.69, 9.17) is 4.74 Å². The molecule has 0 amide bonds. The first-order valence-corrected chi connectivity index (χ1v) is 7.06. The van der Waals surface area contributed by atoms with Crippen LogP contribution in [0, 0.1) is 5.82 Å². The Morgan fingerprint density at radius 2 is 1.86 bits per heavy atom. The number of methoxy groups -OCH3 is 1. The summed E-state index contributed by atoms with van der Waals surface area (Å²) in [7, 11) is 1.42. The Kier molecular flexibility index (Phi) is 5.09. The number of hydrogen-bond acceptors (Lipinski definition) is 2. The highest BCUT2D eigenvalue weighted by atomic mass is 19.1. The van der Waals surface area contributed by atoms with Gasteiger partial charge in [0.2, 0.25) is 0 Å². The maximum atomic E-state index is 14.1. The van der Waals surface area contributed by atoms with Crippen LogP contribution in [0.25, 0.3) is 0 Å². The molecule has 21 heavy (non-hydrogen) atoms. The molecule has 1 unspecified atom stereocenters. The van der Waals surface area contributed by atoms with E-state index in [-0.39, 0.29) is 23.9 Å². The topological polar surface area (TPSA) is 26.3 Å². The fourth-order valence-electron chi connectivity index (χ4n) is 2.50. The maximum Gasteiger partial charge on any atom is 0.168 e. The van der Waals surface area contributed by atoms with Crippen LogP contribution in [0.4, 0.5) is 4.39 Å². The number of halogens is 1. The molecule has 0 aliphatic heterocycles. The van der Waals surface area contributed by atoms with Crippen LogP contribution in [0.1, 0.15) is 30.4 Å². The summed E-state index contributed by atoms with van der Waals surface area (Å²) in [5.41, 5.74) is 1.36. The van der Waals surface area contributed by atoms with Crippen molar-refractivity contribution in [1.82, 2.24) is 0 Å². The van der Waals surface area contributed by atoms with E-state index in [0.29, 0.717) is 12.0 Å². The van der Waals surface area contributed by atoms with Crippen LogP contribution >= 0.6 is 0 Å². The van der Waals surface area contributed by atoms with Crippen molar-refractivity contribution in [1.29, 1.82) is 0 Å². The minimum atomic E-state index is -0.448. The molecule has 110 valence electrons. The molecule has 0 aliphatic rings. The normalized spacial score (nSPS) is 12.0. The average Bonchev–Trinajstić information content (AvgIpc) is 2.51. The third-order valence-corrected chi connectivity index (χ3v) is 3.63. The summed E-state index contributed by atoms with van der Waals surface area (Å²) in [5.74, 6) is -0.447. The van der Waals surface area contributed by atoms with Gasteiger partial charge in [0, 0.05) is 12.3 Å². The summed E-state index contributed by atoms with van der Waals surface area (Å²) < 4.78 is 19.1. The molecule has 1 atom stereocenters. The fraction of sp³-hybridized carbons (Fsp3) is 0.278. The van der Waals surface area contributed by atoms with E-state index in [2.05, 4.69) is 0 Å². The van der Waals surface area contributed by atoms with Crippen LogP contribution in [-0.2, 0) is 11.2 Å². The Balaban J connectivity index is 2.21. The second kappa shape index (κ2) is 7.02. The molecule has 0 saturated carbocycles. The van der Waals surface area contributed by atoms with Gasteiger partial charge >= 0.3 is 0 Å². The lowest BCUT2D eigenvalue weighted by Crippen LogP contribution is -2.15. The maximum absolute atomic E-state index is 14.1. The first-order valence-electron chi connectivity index (χ1n) is 7.06. The molecule has 0 N–H and O–H groups in total. The van der Waals surface area contributed by atoms with Crippen LogP contribution in [0.15, 0.2) is 48.5 Å². The molecule has 0 fully saturated rings. The molecule has 3 heteroatoms. The van der Waals surface area contributed by atoms with Crippen molar-refractivity contribution in [3.05, 3.63) is 65.5 Å². The third-order valence-electron chi connectivity index (χ3n) is 3.63. The van der Waals surface area contributed by atoms with Gasteiger partial charge in [0.25, 0.3) is 0 Å². The SMILES string of the molecule is CCC(C(=O)Cc1cccc(OC)c1F)c1ccccc1. The lowest BCUT2D eigenvalue weighted by molar-refractivity contribution is -0.120. The van der Waals surface area contributed by atoms with E-state index in [0.717, 1.165) is 5.56 Å². The van der Waals surface area contributed by atoms with Gasteiger partial charge in [-0.05, 0) is 23.6 Å². The minimum Gasteiger partial charge on any atom is -0.494 e. The summed E-state index contributed by atoms with van der Waals surface area (Å²) in [6.45, 7) is 1.97. The summed E-state index contributed by atoms with van der Waals surface area (Å²) in [6.07, 6.45) is 0.783. The molecule has 0 saturated heterocycles. The highest BCUT2D eigenvalue weighted by molar-refractivity contribution is 5.87. The van der Waals surface area contributed by atoms with E-state index in [1.807, 2.05) is 37.3 Å². The Morgan fingerprint density at radius 1 is 1.14 bits per heavy atom. The lowest BCUT2D eigenvalue weighted by Gasteiger charge is -2.15. The largest absolute Gasteiger partial charge is 0.494 e. The van der Waals surface area contributed by atoms with Crippen LogP contribution in [0.2, 0.25) is 0 Å². The number of benzene rings is 2. The van der Waals surface area contributed by atoms with E-state index in [1.54, 1.807) is 18.2 Å². The zero-order valence-electron chi connectivity index (χ0n) is 12.3. The smallest absolute Gasteiger partial charge is 0.168 e. The van der Waals surface area contributed by atoms with Crippen molar-refractivity contribution in [3.63, 3.8) is 0 Å². The molecule has 0 spiro atoms. The summed E-state index contributed by atoms with van der Waals surface area (Å²) in [4.78, 5) is 12.5. The van der Waals surface area contributed by atoms with Crippen molar-refractivity contribution < 1.29 is 13.9 Å². The molecular formula is C18H19FO2. The molecule has 0 bridgehead atoms. The van der Waals surface area contributed by atoms with Crippen LogP contribution in [0.3, 0.4) is 0 Å². The molecule has 2 aromatic rings. The first-order chi connectivity index (χ1) is 10.2. The number of ketones is 1. The molecule has 2 aromatic carbocycles. The predicted octanol–water partition coefficient (Wildman–Crippen LogP) is 4.14. The number of carbonyl (C=O) groups is 1. The monoisotopic (exact) mass is 286 g/mol. The van der Waals surface area contributed by atoms with Crippen molar-refractivity contribution >= 4 is 5.78 Å². The van der Waals surface area contributed by atoms with E-state index in [1.165, 1.54) is 7.11 Å². The van der Waals surface area contributed by atoms with Gasteiger partial charge < -0.3 is 4.74 Å². The van der Waals surface area contributed by atoms with E-state index in [9.17, 15) is 9.18 Å². The predicted molar refractivity (Wildman–Crippen MR) is 81.1 cm³/mol. The van der Waals surface area contributed by atoms with Crippen LogP contribution < -0.4 is 4.74 Å². The van der Waals surface area contributed by atoms with E-state index < -0.39 is 5.82 Å². The molecule has 0 aliphatic carbocycles. The summed E-state index contributed by atoms with van der Waals surface area (Å²) in [6, 6.07) is 14.5. The Hall–Kier alpha value is -2.16. The second-order valence-corrected chi connectivity index (χ2v) is 4.95. The van der Waals surface area contributed by atoms with Crippen molar-refractivity contribution in [2.45, 2.75) is 25.7 Å². The molecule has 0 heterocycles. The number of rotatable bonds is 6. The Bertz CT molecular complexity index is 608. The number of Topliss-reactive ketones (excluding diaryl/α,β-unsaturated/α-hetero) is 1. The Morgan fingerprint density at radius 3 is 2.48 bits per heavy atom. The summed E-state index contributed by atoms with van der Waals surface area (Å²) >= 11 is 0. The quantitative estimate of drug-likeness (QED) is 0.797. The van der Waals surface area contributed by atoms with Gasteiger partial charge in [-0.3, -0.25) is 4.79 Å². The number of ether oxygens (including phenoxy) is 1. The molecular weight excluding hydrogens is 267 g/mol. The third kappa shape index (κ3) is 3.48.